The van der Waals surface area contributed by atoms with Crippen molar-refractivity contribution >= 4 is 10.0 Å². The van der Waals surface area contributed by atoms with Gasteiger partial charge in [0.15, 0.2) is 0 Å². The van der Waals surface area contributed by atoms with Gasteiger partial charge in [-0.2, -0.15) is 0 Å². The van der Waals surface area contributed by atoms with Crippen LogP contribution in [0.4, 0.5) is 0 Å². The second kappa shape index (κ2) is 6.30. The fourth-order valence-electron chi connectivity index (χ4n) is 3.32. The lowest BCUT2D eigenvalue weighted by atomic mass is 9.97. The van der Waals surface area contributed by atoms with E-state index in [-0.39, 0.29) is 11.3 Å². The molecule has 2 aliphatic heterocycles. The summed E-state index contributed by atoms with van der Waals surface area (Å²) in [5.41, 5.74) is 0. The van der Waals surface area contributed by atoms with Gasteiger partial charge in [-0.25, -0.2) is 13.1 Å². The highest BCUT2D eigenvalue weighted by molar-refractivity contribution is 7.90. The number of piperidine rings is 1. The number of hydrogen-bond acceptors (Lipinski definition) is 4. The molecule has 2 heterocycles. The molecule has 0 radical (unpaired) electrons. The predicted molar refractivity (Wildman–Crippen MR) is 78.1 cm³/mol. The lowest BCUT2D eigenvalue weighted by Crippen LogP contribution is -2.49. The largest absolute Gasteiger partial charge is 0.381 e. The summed E-state index contributed by atoms with van der Waals surface area (Å²) in [5.74, 6) is 0.725. The molecule has 116 valence electrons. The lowest BCUT2D eigenvalue weighted by molar-refractivity contribution is 0.0480. The highest BCUT2D eigenvalue weighted by atomic mass is 32.2. The zero-order valence-corrected chi connectivity index (χ0v) is 12.9. The Bertz CT molecular complexity index is 416. The van der Waals surface area contributed by atoms with Gasteiger partial charge in [-0.05, 0) is 51.0 Å². The Morgan fingerprint density at radius 1 is 1.10 bits per heavy atom. The third kappa shape index (κ3) is 3.93. The van der Waals surface area contributed by atoms with Crippen LogP contribution in [0, 0.1) is 5.92 Å². The maximum Gasteiger partial charge on any atom is 0.214 e. The highest BCUT2D eigenvalue weighted by Gasteiger charge is 2.37. The molecular weight excluding hydrogens is 276 g/mol. The first-order chi connectivity index (χ1) is 9.63. The number of likely N-dealkylation sites (tertiary alicyclic amines) is 1. The fourth-order valence-corrected chi connectivity index (χ4v) is 4.92. The summed E-state index contributed by atoms with van der Waals surface area (Å²) in [6.45, 7) is 4.86. The minimum absolute atomic E-state index is 0.103. The summed E-state index contributed by atoms with van der Waals surface area (Å²) in [4.78, 5) is 2.44. The third-order valence-electron chi connectivity index (χ3n) is 4.66. The fraction of sp³-hybridized carbons (Fsp3) is 1.00. The molecule has 3 fully saturated rings. The van der Waals surface area contributed by atoms with Crippen molar-refractivity contribution in [1.29, 1.82) is 0 Å². The van der Waals surface area contributed by atoms with Crippen molar-refractivity contribution in [3.63, 3.8) is 0 Å². The van der Waals surface area contributed by atoms with Crippen molar-refractivity contribution in [3.8, 4) is 0 Å². The Kier molecular flexibility index (Phi) is 4.65. The van der Waals surface area contributed by atoms with Crippen LogP contribution in [-0.2, 0) is 14.8 Å². The van der Waals surface area contributed by atoms with E-state index >= 15 is 0 Å². The molecule has 6 heteroatoms. The van der Waals surface area contributed by atoms with Crippen LogP contribution in [0.3, 0.4) is 0 Å². The van der Waals surface area contributed by atoms with E-state index in [9.17, 15) is 8.42 Å². The maximum atomic E-state index is 12.0. The number of nitrogens with one attached hydrogen (secondary N) is 1. The van der Waals surface area contributed by atoms with E-state index in [1.165, 1.54) is 0 Å². The standard InChI is InChI=1S/C14H26N2O3S/c17-20(18,14-3-4-14)15-13-2-1-7-16(11-13)10-12-5-8-19-9-6-12/h12-15H,1-11H2. The van der Waals surface area contributed by atoms with E-state index in [1.54, 1.807) is 0 Å². The van der Waals surface area contributed by atoms with Crippen LogP contribution in [-0.4, -0.2) is 57.5 Å². The quantitative estimate of drug-likeness (QED) is 0.822. The van der Waals surface area contributed by atoms with E-state index < -0.39 is 10.0 Å². The summed E-state index contributed by atoms with van der Waals surface area (Å²) in [7, 11) is -3.04. The minimum Gasteiger partial charge on any atom is -0.381 e. The van der Waals surface area contributed by atoms with E-state index in [0.29, 0.717) is 0 Å². The van der Waals surface area contributed by atoms with Gasteiger partial charge in [-0.15, -0.1) is 0 Å². The Morgan fingerprint density at radius 3 is 2.55 bits per heavy atom. The van der Waals surface area contributed by atoms with Crippen LogP contribution in [0.25, 0.3) is 0 Å². The number of sulfonamides is 1. The highest BCUT2D eigenvalue weighted by Crippen LogP contribution is 2.28. The molecule has 0 aromatic carbocycles. The van der Waals surface area contributed by atoms with Crippen molar-refractivity contribution in [2.45, 2.75) is 49.8 Å². The van der Waals surface area contributed by atoms with Crippen LogP contribution in [0.1, 0.15) is 38.5 Å². The minimum atomic E-state index is -3.04. The van der Waals surface area contributed by atoms with Crippen LogP contribution in [0.15, 0.2) is 0 Å². The van der Waals surface area contributed by atoms with Gasteiger partial charge < -0.3 is 9.64 Å². The molecule has 1 N–H and O–H groups in total. The molecule has 0 aromatic rings. The Hall–Kier alpha value is -0.170. The molecule has 20 heavy (non-hydrogen) atoms. The van der Waals surface area contributed by atoms with Gasteiger partial charge in [0.25, 0.3) is 0 Å². The average Bonchev–Trinajstić information content (AvgIpc) is 3.24. The lowest BCUT2D eigenvalue weighted by Gasteiger charge is -2.36. The second-order valence-corrected chi connectivity index (χ2v) is 8.51. The molecule has 1 atom stereocenters. The predicted octanol–water partition coefficient (Wildman–Crippen LogP) is 0.959. The van der Waals surface area contributed by atoms with Gasteiger partial charge in [0.1, 0.15) is 0 Å². The first-order valence-corrected chi connectivity index (χ1v) is 9.49. The molecule has 0 amide bonds. The summed E-state index contributed by atoms with van der Waals surface area (Å²) in [5, 5.41) is -0.103. The van der Waals surface area contributed by atoms with E-state index in [2.05, 4.69) is 9.62 Å². The Morgan fingerprint density at radius 2 is 1.85 bits per heavy atom. The van der Waals surface area contributed by atoms with Crippen LogP contribution in [0.2, 0.25) is 0 Å². The van der Waals surface area contributed by atoms with Crippen molar-refractivity contribution < 1.29 is 13.2 Å². The zero-order valence-electron chi connectivity index (χ0n) is 12.1. The molecule has 2 saturated heterocycles. The summed E-state index contributed by atoms with van der Waals surface area (Å²) < 4.78 is 32.4. The van der Waals surface area contributed by atoms with E-state index in [4.69, 9.17) is 4.74 Å². The van der Waals surface area contributed by atoms with E-state index in [1.807, 2.05) is 0 Å². The number of hydrogen-bond donors (Lipinski definition) is 1. The van der Waals surface area contributed by atoms with Crippen LogP contribution < -0.4 is 4.72 Å². The second-order valence-electron chi connectivity index (χ2n) is 6.52. The topological polar surface area (TPSA) is 58.6 Å². The molecule has 5 nitrogen and oxygen atoms in total. The molecule has 1 unspecified atom stereocenters. The molecule has 0 aromatic heterocycles. The summed E-state index contributed by atoms with van der Waals surface area (Å²) in [6.07, 6.45) is 6.06. The third-order valence-corrected chi connectivity index (χ3v) is 6.67. The maximum absolute atomic E-state index is 12.0. The molecule has 0 bridgehead atoms. The van der Waals surface area contributed by atoms with Crippen molar-refractivity contribution in [2.75, 3.05) is 32.8 Å². The first-order valence-electron chi connectivity index (χ1n) is 7.95. The van der Waals surface area contributed by atoms with Crippen LogP contribution >= 0.6 is 0 Å². The molecule has 3 rings (SSSR count). The SMILES string of the molecule is O=S(=O)(NC1CCCN(CC2CCOCC2)C1)C1CC1. The smallest absolute Gasteiger partial charge is 0.214 e. The summed E-state index contributed by atoms with van der Waals surface area (Å²) in [6, 6.07) is 0.120. The molecule has 0 spiro atoms. The molecular formula is C14H26N2O3S. The normalized spacial score (nSPS) is 30.5. The zero-order chi connectivity index (χ0) is 14.0. The number of ether oxygens (including phenoxy) is 1. The summed E-state index contributed by atoms with van der Waals surface area (Å²) >= 11 is 0. The molecule has 1 saturated carbocycles. The van der Waals surface area contributed by atoms with Crippen LogP contribution in [0.5, 0.6) is 0 Å². The monoisotopic (exact) mass is 302 g/mol. The van der Waals surface area contributed by atoms with Gasteiger partial charge in [0, 0.05) is 32.3 Å². The Balaban J connectivity index is 1.48. The van der Waals surface area contributed by atoms with Crippen molar-refractivity contribution in [3.05, 3.63) is 0 Å². The molecule has 1 aliphatic carbocycles. The van der Waals surface area contributed by atoms with Gasteiger partial charge in [0.05, 0.1) is 5.25 Å². The number of rotatable bonds is 5. The number of nitrogens with zero attached hydrogens (tertiary/aromatic N) is 1. The van der Waals surface area contributed by atoms with Gasteiger partial charge >= 0.3 is 0 Å². The van der Waals surface area contributed by atoms with Crippen molar-refractivity contribution in [1.82, 2.24) is 9.62 Å². The van der Waals surface area contributed by atoms with Gasteiger partial charge in [-0.3, -0.25) is 0 Å². The van der Waals surface area contributed by atoms with Crippen molar-refractivity contribution in [2.24, 2.45) is 5.92 Å². The Labute approximate surface area is 122 Å². The average molecular weight is 302 g/mol. The first kappa shape index (κ1) is 14.8. The van der Waals surface area contributed by atoms with E-state index in [0.717, 1.165) is 77.3 Å². The van der Waals surface area contributed by atoms with Gasteiger partial charge in [0.2, 0.25) is 10.0 Å². The molecule has 3 aliphatic rings. The van der Waals surface area contributed by atoms with Gasteiger partial charge in [-0.1, -0.05) is 0 Å².